The van der Waals surface area contributed by atoms with Gasteiger partial charge < -0.3 is 5.32 Å². The van der Waals surface area contributed by atoms with E-state index in [1.807, 2.05) is 0 Å². The minimum Gasteiger partial charge on any atom is -0.315 e. The van der Waals surface area contributed by atoms with E-state index in [1.165, 1.54) is 24.9 Å². The number of likely N-dealkylation sites (N-methyl/N-ethyl adjacent to an activating group) is 1. The maximum atomic E-state index is 3.57. The third kappa shape index (κ3) is 4.49. The summed E-state index contributed by atoms with van der Waals surface area (Å²) in [4.78, 5) is 2.41. The van der Waals surface area contributed by atoms with Gasteiger partial charge in [0.1, 0.15) is 0 Å². The Bertz CT molecular complexity index is 319. The van der Waals surface area contributed by atoms with Gasteiger partial charge in [-0.1, -0.05) is 30.3 Å². The maximum absolute atomic E-state index is 3.57. The summed E-state index contributed by atoms with van der Waals surface area (Å²) >= 11 is 0. The van der Waals surface area contributed by atoms with Gasteiger partial charge in [-0.15, -0.1) is 0 Å². The predicted octanol–water partition coefficient (Wildman–Crippen LogP) is 2.51. The molecule has 0 radical (unpaired) electrons. The van der Waals surface area contributed by atoms with Crippen LogP contribution in [0, 0.1) is 5.92 Å². The van der Waals surface area contributed by atoms with Gasteiger partial charge in [-0.2, -0.15) is 0 Å². The number of hydrogen-bond acceptors (Lipinski definition) is 2. The fraction of sp³-hybridized carbons (Fsp3) is 0.600. The largest absolute Gasteiger partial charge is 0.315 e. The van der Waals surface area contributed by atoms with Crippen LogP contribution in [0.5, 0.6) is 0 Å². The second kappa shape index (κ2) is 6.18. The fourth-order valence-electron chi connectivity index (χ4n) is 2.00. The molecule has 1 aliphatic carbocycles. The van der Waals surface area contributed by atoms with Crippen LogP contribution in [0.3, 0.4) is 0 Å². The third-order valence-electron chi connectivity index (χ3n) is 3.60. The monoisotopic (exact) mass is 232 g/mol. The summed E-state index contributed by atoms with van der Waals surface area (Å²) in [5.41, 5.74) is 1.39. The molecule has 2 heteroatoms. The van der Waals surface area contributed by atoms with E-state index < -0.39 is 0 Å². The van der Waals surface area contributed by atoms with Crippen molar-refractivity contribution in [1.29, 1.82) is 0 Å². The molecule has 2 nitrogen and oxygen atoms in total. The molecule has 0 aliphatic heterocycles. The van der Waals surface area contributed by atoms with E-state index in [-0.39, 0.29) is 0 Å². The van der Waals surface area contributed by atoms with Crippen molar-refractivity contribution in [2.45, 2.75) is 32.4 Å². The van der Waals surface area contributed by atoms with Gasteiger partial charge in [0, 0.05) is 19.1 Å². The highest BCUT2D eigenvalue weighted by Crippen LogP contribution is 2.27. The van der Waals surface area contributed by atoms with Crippen LogP contribution in [-0.4, -0.2) is 31.1 Å². The van der Waals surface area contributed by atoms with E-state index >= 15 is 0 Å². The first-order valence-electron chi connectivity index (χ1n) is 6.70. The highest BCUT2D eigenvalue weighted by molar-refractivity contribution is 5.14. The topological polar surface area (TPSA) is 15.3 Å². The van der Waals surface area contributed by atoms with Crippen molar-refractivity contribution in [3.05, 3.63) is 35.9 Å². The van der Waals surface area contributed by atoms with Gasteiger partial charge >= 0.3 is 0 Å². The van der Waals surface area contributed by atoms with Crippen molar-refractivity contribution in [3.8, 4) is 0 Å². The summed E-state index contributed by atoms with van der Waals surface area (Å²) < 4.78 is 0. The van der Waals surface area contributed by atoms with Crippen molar-refractivity contribution in [3.63, 3.8) is 0 Å². The predicted molar refractivity (Wildman–Crippen MR) is 73.0 cm³/mol. The lowest BCUT2D eigenvalue weighted by Gasteiger charge is -2.25. The fourth-order valence-corrected chi connectivity index (χ4v) is 2.00. The molecule has 2 rings (SSSR count). The summed E-state index contributed by atoms with van der Waals surface area (Å²) in [6, 6.07) is 11.3. The molecule has 1 fully saturated rings. The SMILES string of the molecule is CC(CNCC1CC1)N(C)Cc1ccccc1. The molecule has 1 saturated carbocycles. The lowest BCUT2D eigenvalue weighted by Crippen LogP contribution is -2.38. The van der Waals surface area contributed by atoms with Crippen LogP contribution in [0.25, 0.3) is 0 Å². The molecule has 1 unspecified atom stereocenters. The van der Waals surface area contributed by atoms with E-state index in [0.29, 0.717) is 6.04 Å². The van der Waals surface area contributed by atoms with Crippen LogP contribution in [0.4, 0.5) is 0 Å². The molecule has 0 amide bonds. The van der Waals surface area contributed by atoms with Crippen molar-refractivity contribution in [1.82, 2.24) is 10.2 Å². The number of benzene rings is 1. The van der Waals surface area contributed by atoms with E-state index in [0.717, 1.165) is 19.0 Å². The highest BCUT2D eigenvalue weighted by Gasteiger charge is 2.20. The number of nitrogens with one attached hydrogen (secondary N) is 1. The van der Waals surface area contributed by atoms with Crippen LogP contribution in [0.15, 0.2) is 30.3 Å². The van der Waals surface area contributed by atoms with E-state index in [1.54, 1.807) is 0 Å². The number of rotatable bonds is 7. The Hall–Kier alpha value is -0.860. The zero-order chi connectivity index (χ0) is 12.1. The molecule has 1 aromatic carbocycles. The summed E-state index contributed by atoms with van der Waals surface area (Å²) in [5, 5.41) is 3.57. The highest BCUT2D eigenvalue weighted by atomic mass is 15.1. The van der Waals surface area contributed by atoms with Gasteiger partial charge in [0.15, 0.2) is 0 Å². The van der Waals surface area contributed by atoms with Gasteiger partial charge in [-0.3, -0.25) is 4.90 Å². The van der Waals surface area contributed by atoms with E-state index in [9.17, 15) is 0 Å². The van der Waals surface area contributed by atoms with Gasteiger partial charge in [0.2, 0.25) is 0 Å². The first kappa shape index (κ1) is 12.6. The first-order valence-corrected chi connectivity index (χ1v) is 6.70. The Labute approximate surface area is 105 Å². The Morgan fingerprint density at radius 2 is 2.00 bits per heavy atom. The zero-order valence-corrected chi connectivity index (χ0v) is 11.0. The molecule has 1 aromatic rings. The number of hydrogen-bond donors (Lipinski definition) is 1. The molecule has 0 saturated heterocycles. The van der Waals surface area contributed by atoms with E-state index in [2.05, 4.69) is 54.5 Å². The second-order valence-corrected chi connectivity index (χ2v) is 5.35. The van der Waals surface area contributed by atoms with Crippen molar-refractivity contribution < 1.29 is 0 Å². The molecule has 1 aliphatic rings. The Kier molecular flexibility index (Phi) is 4.57. The molecule has 0 aromatic heterocycles. The van der Waals surface area contributed by atoms with Crippen LogP contribution in [0.2, 0.25) is 0 Å². The van der Waals surface area contributed by atoms with Crippen LogP contribution in [-0.2, 0) is 6.54 Å². The quantitative estimate of drug-likeness (QED) is 0.777. The number of nitrogens with zero attached hydrogens (tertiary/aromatic N) is 1. The minimum absolute atomic E-state index is 0.592. The molecular formula is C15H24N2. The lowest BCUT2D eigenvalue weighted by molar-refractivity contribution is 0.242. The third-order valence-corrected chi connectivity index (χ3v) is 3.60. The molecule has 94 valence electrons. The zero-order valence-electron chi connectivity index (χ0n) is 11.0. The minimum atomic E-state index is 0.592. The molecule has 1 N–H and O–H groups in total. The standard InChI is InChI=1S/C15H24N2/c1-13(10-16-11-14-8-9-14)17(2)12-15-6-4-3-5-7-15/h3-7,13-14,16H,8-12H2,1-2H3. The molecular weight excluding hydrogens is 208 g/mol. The summed E-state index contributed by atoms with van der Waals surface area (Å²) in [6.45, 7) is 5.64. The molecule has 0 heterocycles. The van der Waals surface area contributed by atoms with Crippen LogP contribution < -0.4 is 5.32 Å². The Balaban J connectivity index is 1.68. The smallest absolute Gasteiger partial charge is 0.0234 e. The normalized spacial score (nSPS) is 17.4. The van der Waals surface area contributed by atoms with Gasteiger partial charge in [0.05, 0.1) is 0 Å². The summed E-state index contributed by atoms with van der Waals surface area (Å²) in [6.07, 6.45) is 2.86. The first-order chi connectivity index (χ1) is 8.25. The second-order valence-electron chi connectivity index (χ2n) is 5.35. The van der Waals surface area contributed by atoms with Gasteiger partial charge in [0.25, 0.3) is 0 Å². The lowest BCUT2D eigenvalue weighted by atomic mass is 10.2. The average Bonchev–Trinajstić information content (AvgIpc) is 3.14. The van der Waals surface area contributed by atoms with Crippen molar-refractivity contribution in [2.24, 2.45) is 5.92 Å². The van der Waals surface area contributed by atoms with Crippen molar-refractivity contribution in [2.75, 3.05) is 20.1 Å². The van der Waals surface area contributed by atoms with Gasteiger partial charge in [-0.25, -0.2) is 0 Å². The Morgan fingerprint density at radius 3 is 2.65 bits per heavy atom. The molecule has 0 bridgehead atoms. The van der Waals surface area contributed by atoms with Gasteiger partial charge in [-0.05, 0) is 44.8 Å². The average molecular weight is 232 g/mol. The molecule has 17 heavy (non-hydrogen) atoms. The van der Waals surface area contributed by atoms with Crippen molar-refractivity contribution >= 4 is 0 Å². The summed E-state index contributed by atoms with van der Waals surface area (Å²) in [7, 11) is 2.20. The van der Waals surface area contributed by atoms with Crippen LogP contribution >= 0.6 is 0 Å². The Morgan fingerprint density at radius 1 is 1.29 bits per heavy atom. The molecule has 0 spiro atoms. The van der Waals surface area contributed by atoms with Crippen LogP contribution in [0.1, 0.15) is 25.3 Å². The maximum Gasteiger partial charge on any atom is 0.0234 e. The van der Waals surface area contributed by atoms with E-state index in [4.69, 9.17) is 0 Å². The summed E-state index contributed by atoms with van der Waals surface area (Å²) in [5.74, 6) is 0.974. The molecule has 1 atom stereocenters.